The van der Waals surface area contributed by atoms with Gasteiger partial charge >= 0.3 is 12.1 Å². The molecule has 0 unspecified atom stereocenters. The normalized spacial score (nSPS) is 11.2. The van der Waals surface area contributed by atoms with Crippen LogP contribution in [0.4, 0.5) is 24.7 Å². The molecule has 0 aliphatic heterocycles. The zero-order valence-corrected chi connectivity index (χ0v) is 20.6. The lowest BCUT2D eigenvalue weighted by Crippen LogP contribution is -2.38. The first kappa shape index (κ1) is 26.3. The number of halogens is 5. The van der Waals surface area contributed by atoms with E-state index in [1.54, 1.807) is 18.2 Å². The van der Waals surface area contributed by atoms with Crippen LogP contribution in [0.15, 0.2) is 91.1 Å². The average molecular weight is 547 g/mol. The van der Waals surface area contributed by atoms with E-state index in [0.29, 0.717) is 26.3 Å². The van der Waals surface area contributed by atoms with E-state index in [9.17, 15) is 18.0 Å². The molecule has 4 rings (SSSR count). The molecule has 0 bridgehead atoms. The van der Waals surface area contributed by atoms with Gasteiger partial charge in [-0.15, -0.1) is 0 Å². The highest BCUT2D eigenvalue weighted by Crippen LogP contribution is 2.36. The topological polar surface area (TPSA) is 51.7 Å². The lowest BCUT2D eigenvalue weighted by Gasteiger charge is -2.25. The van der Waals surface area contributed by atoms with Gasteiger partial charge in [0, 0.05) is 17.3 Å². The molecule has 0 fully saturated rings. The van der Waals surface area contributed by atoms with Gasteiger partial charge in [0.15, 0.2) is 11.6 Å². The number of ether oxygens (including phenoxy) is 2. The van der Waals surface area contributed by atoms with Gasteiger partial charge in [-0.3, -0.25) is 9.69 Å². The summed E-state index contributed by atoms with van der Waals surface area (Å²) in [6, 6.07) is 22.7. The van der Waals surface area contributed by atoms with Gasteiger partial charge in [-0.05, 0) is 47.5 Å². The number of hydrogen-bond acceptors (Lipinski definition) is 4. The van der Waals surface area contributed by atoms with Crippen molar-refractivity contribution in [2.75, 3.05) is 4.90 Å². The number of rotatable bonds is 8. The van der Waals surface area contributed by atoms with E-state index < -0.39 is 12.1 Å². The van der Waals surface area contributed by atoms with Crippen molar-refractivity contribution in [1.29, 1.82) is 0 Å². The van der Waals surface area contributed by atoms with Crippen molar-refractivity contribution in [2.45, 2.75) is 19.4 Å². The Morgan fingerprint density at radius 1 is 0.811 bits per heavy atom. The average Bonchev–Trinajstić information content (AvgIpc) is 2.89. The number of benzene rings is 3. The summed E-state index contributed by atoms with van der Waals surface area (Å²) in [4.78, 5) is 17.2. The molecular formula is C27H19Cl2F3N2O3. The summed E-state index contributed by atoms with van der Waals surface area (Å²) < 4.78 is 52.6. The lowest BCUT2D eigenvalue weighted by atomic mass is 10.2. The quantitative estimate of drug-likeness (QED) is 0.226. The largest absolute Gasteiger partial charge is 0.487 e. The van der Waals surface area contributed by atoms with Crippen molar-refractivity contribution in [3.63, 3.8) is 0 Å². The van der Waals surface area contributed by atoms with E-state index in [1.165, 1.54) is 42.6 Å². The highest BCUT2D eigenvalue weighted by Gasteiger charge is 2.45. The maximum absolute atomic E-state index is 13.7. The van der Waals surface area contributed by atoms with Crippen LogP contribution < -0.4 is 14.4 Å². The van der Waals surface area contributed by atoms with Crippen LogP contribution in [0.25, 0.3) is 0 Å². The molecule has 37 heavy (non-hydrogen) atoms. The zero-order valence-electron chi connectivity index (χ0n) is 19.1. The van der Waals surface area contributed by atoms with Crippen molar-refractivity contribution in [1.82, 2.24) is 4.98 Å². The fraction of sp³-hybridized carbons (Fsp3) is 0.111. The predicted octanol–water partition coefficient (Wildman–Crippen LogP) is 7.77. The second kappa shape index (κ2) is 11.5. The number of alkyl halides is 3. The minimum atomic E-state index is -5.17. The van der Waals surface area contributed by atoms with Gasteiger partial charge in [0.2, 0.25) is 0 Å². The predicted molar refractivity (Wildman–Crippen MR) is 135 cm³/mol. The molecular weight excluding hydrogens is 528 g/mol. The van der Waals surface area contributed by atoms with Crippen molar-refractivity contribution in [3.8, 4) is 11.5 Å². The van der Waals surface area contributed by atoms with Crippen molar-refractivity contribution < 1.29 is 27.4 Å². The maximum atomic E-state index is 13.7. The molecule has 1 aromatic heterocycles. The summed E-state index contributed by atoms with van der Waals surface area (Å²) in [6.45, 7) is 0.0311. The Labute approximate surface area is 221 Å². The molecule has 4 aromatic rings. The molecule has 1 heterocycles. The fourth-order valence-electron chi connectivity index (χ4n) is 3.39. The minimum absolute atomic E-state index is 0.0105. The Hall–Kier alpha value is -3.75. The molecule has 3 aromatic carbocycles. The van der Waals surface area contributed by atoms with Crippen molar-refractivity contribution in [3.05, 3.63) is 112 Å². The summed E-state index contributed by atoms with van der Waals surface area (Å²) in [5, 5.41) is 0.733. The van der Waals surface area contributed by atoms with E-state index in [4.69, 9.17) is 32.7 Å². The van der Waals surface area contributed by atoms with Crippen molar-refractivity contribution in [2.24, 2.45) is 0 Å². The highest BCUT2D eigenvalue weighted by molar-refractivity contribution is 6.34. The molecule has 0 spiro atoms. The van der Waals surface area contributed by atoms with Gasteiger partial charge in [-0.2, -0.15) is 13.2 Å². The first-order valence-corrected chi connectivity index (χ1v) is 11.7. The van der Waals surface area contributed by atoms with E-state index >= 15 is 0 Å². The van der Waals surface area contributed by atoms with Crippen LogP contribution in [0.2, 0.25) is 10.0 Å². The second-order valence-corrected chi connectivity index (χ2v) is 8.61. The maximum Gasteiger partial charge on any atom is 0.472 e. The van der Waals surface area contributed by atoms with Gasteiger partial charge in [0.25, 0.3) is 0 Å². The van der Waals surface area contributed by atoms with Gasteiger partial charge in [-0.1, -0.05) is 65.7 Å². The fourth-order valence-corrected chi connectivity index (χ4v) is 3.73. The number of pyridine rings is 1. The highest BCUT2D eigenvalue weighted by atomic mass is 35.5. The number of hydrogen-bond donors (Lipinski definition) is 0. The Kier molecular flexibility index (Phi) is 8.21. The van der Waals surface area contributed by atoms with Crippen LogP contribution in [0.3, 0.4) is 0 Å². The monoisotopic (exact) mass is 546 g/mol. The third kappa shape index (κ3) is 6.72. The molecule has 0 radical (unpaired) electrons. The third-order valence-corrected chi connectivity index (χ3v) is 5.65. The minimum Gasteiger partial charge on any atom is -0.487 e. The number of anilines is 2. The van der Waals surface area contributed by atoms with Crippen LogP contribution in [0.5, 0.6) is 11.5 Å². The molecule has 1 amide bonds. The van der Waals surface area contributed by atoms with Gasteiger partial charge < -0.3 is 9.47 Å². The molecule has 0 aliphatic rings. The van der Waals surface area contributed by atoms with Crippen LogP contribution >= 0.6 is 23.2 Å². The Bertz CT molecular complexity index is 1380. The number of carbonyl (C=O) groups is 1. The van der Waals surface area contributed by atoms with Gasteiger partial charge in [-0.25, -0.2) is 4.98 Å². The van der Waals surface area contributed by atoms with E-state index in [0.717, 1.165) is 5.56 Å². The summed E-state index contributed by atoms with van der Waals surface area (Å²) in [7, 11) is 0. The molecule has 0 saturated heterocycles. The number of aromatic nitrogens is 1. The Balaban J connectivity index is 1.66. The Morgan fingerprint density at radius 2 is 1.51 bits per heavy atom. The van der Waals surface area contributed by atoms with E-state index in [1.807, 2.05) is 30.3 Å². The van der Waals surface area contributed by atoms with Crippen LogP contribution in [0.1, 0.15) is 11.1 Å². The molecule has 0 N–H and O–H groups in total. The molecule has 0 atom stereocenters. The zero-order chi connectivity index (χ0) is 26.4. The first-order chi connectivity index (χ1) is 17.7. The summed E-state index contributed by atoms with van der Waals surface area (Å²) in [5.74, 6) is -2.09. The first-order valence-electron chi connectivity index (χ1n) is 10.9. The van der Waals surface area contributed by atoms with E-state index in [-0.39, 0.29) is 30.5 Å². The number of carbonyl (C=O) groups excluding carboxylic acids is 1. The smallest absolute Gasteiger partial charge is 0.472 e. The molecule has 10 heteroatoms. The third-order valence-electron chi connectivity index (χ3n) is 5.10. The van der Waals surface area contributed by atoms with Crippen LogP contribution in [0, 0.1) is 0 Å². The van der Waals surface area contributed by atoms with Crippen LogP contribution in [-0.4, -0.2) is 17.1 Å². The van der Waals surface area contributed by atoms with Gasteiger partial charge in [0.05, 0.1) is 10.7 Å². The SMILES string of the molecule is O=C(N(c1cccc(COc2cc(Cl)ccc2Cl)c1)c1ncccc1OCc1ccccc1)C(F)(F)F. The Morgan fingerprint density at radius 3 is 2.27 bits per heavy atom. The van der Waals surface area contributed by atoms with Gasteiger partial charge in [0.1, 0.15) is 19.0 Å². The standard InChI is InChI=1S/C27H19Cl2F3N2O3/c28-20-11-12-22(29)24(15-20)37-17-19-8-4-9-21(14-19)34(26(35)27(30,31)32)25-23(10-5-13-33-25)36-16-18-6-2-1-3-7-18/h1-15H,16-17H2. The molecule has 0 saturated carbocycles. The van der Waals surface area contributed by atoms with Crippen molar-refractivity contribution >= 4 is 40.6 Å². The molecule has 5 nitrogen and oxygen atoms in total. The second-order valence-electron chi connectivity index (χ2n) is 7.77. The molecule has 0 aliphatic carbocycles. The lowest BCUT2D eigenvalue weighted by molar-refractivity contribution is -0.169. The van der Waals surface area contributed by atoms with Crippen LogP contribution in [-0.2, 0) is 18.0 Å². The summed E-state index contributed by atoms with van der Waals surface area (Å²) in [5.41, 5.74) is 1.21. The number of nitrogens with zero attached hydrogens (tertiary/aromatic N) is 2. The number of amides is 1. The summed E-state index contributed by atoms with van der Waals surface area (Å²) >= 11 is 12.1. The molecule has 190 valence electrons. The summed E-state index contributed by atoms with van der Waals surface area (Å²) in [6.07, 6.45) is -3.88. The van der Waals surface area contributed by atoms with E-state index in [2.05, 4.69) is 4.98 Å².